The first-order valence-corrected chi connectivity index (χ1v) is 6.33. The summed E-state index contributed by atoms with van der Waals surface area (Å²) in [7, 11) is 2.07. The highest BCUT2D eigenvalue weighted by Crippen LogP contribution is 2.22. The summed E-state index contributed by atoms with van der Waals surface area (Å²) in [6, 6.07) is 4.77. The Kier molecular flexibility index (Phi) is 4.11. The van der Waals surface area contributed by atoms with Gasteiger partial charge in [0.15, 0.2) is 0 Å². The van der Waals surface area contributed by atoms with E-state index >= 15 is 0 Å². The van der Waals surface area contributed by atoms with Crippen LogP contribution in [0.3, 0.4) is 0 Å². The second-order valence-corrected chi connectivity index (χ2v) is 5.07. The lowest BCUT2D eigenvalue weighted by Crippen LogP contribution is -2.49. The number of hydrogen-bond acceptors (Lipinski definition) is 4. The summed E-state index contributed by atoms with van der Waals surface area (Å²) in [5.41, 5.74) is -0.0503. The summed E-state index contributed by atoms with van der Waals surface area (Å²) in [5, 5.41) is 10.7. The van der Waals surface area contributed by atoms with Crippen molar-refractivity contribution in [3.8, 4) is 0 Å². The molecule has 19 heavy (non-hydrogen) atoms. The molecule has 1 saturated heterocycles. The molecule has 1 fully saturated rings. The van der Waals surface area contributed by atoms with Gasteiger partial charge in [-0.2, -0.15) is 4.39 Å². The van der Waals surface area contributed by atoms with Crippen molar-refractivity contribution in [3.05, 3.63) is 39.7 Å². The summed E-state index contributed by atoms with van der Waals surface area (Å²) < 4.78 is 14.0. The zero-order valence-corrected chi connectivity index (χ0v) is 11.2. The van der Waals surface area contributed by atoms with Crippen LogP contribution in [0.4, 0.5) is 10.1 Å². The molecule has 1 heterocycles. The predicted molar refractivity (Wildman–Crippen MR) is 70.4 cm³/mol. The number of nitrogens with zero attached hydrogens (tertiary/aromatic N) is 3. The van der Waals surface area contributed by atoms with Crippen LogP contribution in [0.1, 0.15) is 12.5 Å². The molecule has 6 heteroatoms. The third kappa shape index (κ3) is 3.08. The molecule has 0 spiro atoms. The molecule has 0 amide bonds. The normalized spacial score (nSPS) is 21.5. The van der Waals surface area contributed by atoms with Gasteiger partial charge < -0.3 is 4.90 Å². The highest BCUT2D eigenvalue weighted by molar-refractivity contribution is 5.36. The van der Waals surface area contributed by atoms with Gasteiger partial charge in [-0.05, 0) is 14.0 Å². The molecule has 1 aromatic carbocycles. The lowest BCUT2D eigenvalue weighted by molar-refractivity contribution is -0.387. The van der Waals surface area contributed by atoms with Crippen molar-refractivity contribution in [1.82, 2.24) is 9.80 Å². The first kappa shape index (κ1) is 13.9. The molecule has 0 N–H and O–H groups in total. The van der Waals surface area contributed by atoms with E-state index in [1.165, 1.54) is 12.1 Å². The zero-order valence-electron chi connectivity index (χ0n) is 11.2. The molecule has 1 unspecified atom stereocenters. The first-order chi connectivity index (χ1) is 8.99. The fourth-order valence-corrected chi connectivity index (χ4v) is 2.34. The van der Waals surface area contributed by atoms with E-state index < -0.39 is 16.4 Å². The van der Waals surface area contributed by atoms with Gasteiger partial charge in [0.1, 0.15) is 0 Å². The Morgan fingerprint density at radius 1 is 1.47 bits per heavy atom. The highest BCUT2D eigenvalue weighted by atomic mass is 19.1. The van der Waals surface area contributed by atoms with Crippen LogP contribution in [0.15, 0.2) is 18.2 Å². The van der Waals surface area contributed by atoms with E-state index in [2.05, 4.69) is 23.8 Å². The van der Waals surface area contributed by atoms with Crippen molar-refractivity contribution in [2.24, 2.45) is 0 Å². The number of halogens is 1. The van der Waals surface area contributed by atoms with Gasteiger partial charge in [-0.25, -0.2) is 0 Å². The second-order valence-electron chi connectivity index (χ2n) is 5.07. The van der Waals surface area contributed by atoms with Gasteiger partial charge in [0.2, 0.25) is 5.82 Å². The monoisotopic (exact) mass is 267 g/mol. The standard InChI is InChI=1S/C13H18FN3O2/c1-10-8-16(7-6-15(10)2)9-11-4-3-5-12(13(11)14)17(18)19/h3-5,10H,6-9H2,1-2H3. The van der Waals surface area contributed by atoms with Crippen LogP contribution in [0.5, 0.6) is 0 Å². The summed E-state index contributed by atoms with van der Waals surface area (Å²) in [5.74, 6) is -0.709. The number of rotatable bonds is 3. The molecule has 0 bridgehead atoms. The maximum atomic E-state index is 14.0. The number of hydrogen-bond donors (Lipinski definition) is 0. The molecule has 0 saturated carbocycles. The van der Waals surface area contributed by atoms with Gasteiger partial charge in [-0.15, -0.1) is 0 Å². The third-order valence-corrected chi connectivity index (χ3v) is 3.69. The Hall–Kier alpha value is -1.53. The average molecular weight is 267 g/mol. The molecule has 0 radical (unpaired) electrons. The molecule has 1 aliphatic rings. The molecule has 2 rings (SSSR count). The maximum Gasteiger partial charge on any atom is 0.305 e. The van der Waals surface area contributed by atoms with E-state index in [4.69, 9.17) is 0 Å². The van der Waals surface area contributed by atoms with Crippen LogP contribution in [0.25, 0.3) is 0 Å². The van der Waals surface area contributed by atoms with E-state index in [0.717, 1.165) is 19.6 Å². The number of likely N-dealkylation sites (N-methyl/N-ethyl adjacent to an activating group) is 1. The summed E-state index contributed by atoms with van der Waals surface area (Å²) in [4.78, 5) is 14.4. The van der Waals surface area contributed by atoms with Crippen molar-refractivity contribution >= 4 is 5.69 Å². The van der Waals surface area contributed by atoms with Gasteiger partial charge in [0, 0.05) is 43.9 Å². The Morgan fingerprint density at radius 3 is 2.84 bits per heavy atom. The third-order valence-electron chi connectivity index (χ3n) is 3.69. The Morgan fingerprint density at radius 2 is 2.21 bits per heavy atom. The van der Waals surface area contributed by atoms with Gasteiger partial charge in [-0.3, -0.25) is 15.0 Å². The molecule has 1 atom stereocenters. The van der Waals surface area contributed by atoms with Gasteiger partial charge in [0.05, 0.1) is 4.92 Å². The van der Waals surface area contributed by atoms with Crippen LogP contribution in [-0.4, -0.2) is 47.4 Å². The predicted octanol–water partition coefficient (Wildman–Crippen LogP) is 1.87. The van der Waals surface area contributed by atoms with E-state index in [0.29, 0.717) is 18.2 Å². The smallest absolute Gasteiger partial charge is 0.301 e. The topological polar surface area (TPSA) is 49.6 Å². The molecule has 104 valence electrons. The van der Waals surface area contributed by atoms with Crippen LogP contribution < -0.4 is 0 Å². The first-order valence-electron chi connectivity index (χ1n) is 6.33. The van der Waals surface area contributed by atoms with E-state index in [1.54, 1.807) is 6.07 Å². The van der Waals surface area contributed by atoms with Gasteiger partial charge in [0.25, 0.3) is 0 Å². The lowest BCUT2D eigenvalue weighted by Gasteiger charge is -2.37. The number of nitro groups is 1. The number of benzene rings is 1. The average Bonchev–Trinajstić information content (AvgIpc) is 2.36. The minimum atomic E-state index is -0.709. The van der Waals surface area contributed by atoms with Crippen LogP contribution in [0, 0.1) is 15.9 Å². The molecule has 1 aromatic rings. The lowest BCUT2D eigenvalue weighted by atomic mass is 10.1. The second kappa shape index (κ2) is 5.63. The van der Waals surface area contributed by atoms with Crippen molar-refractivity contribution in [3.63, 3.8) is 0 Å². The quantitative estimate of drug-likeness (QED) is 0.619. The molecule has 5 nitrogen and oxygen atoms in total. The Bertz CT molecular complexity index is 481. The fourth-order valence-electron chi connectivity index (χ4n) is 2.34. The molecular weight excluding hydrogens is 249 g/mol. The number of piperazine rings is 1. The van der Waals surface area contributed by atoms with Crippen molar-refractivity contribution in [2.75, 3.05) is 26.7 Å². The molecule has 0 aromatic heterocycles. The van der Waals surface area contributed by atoms with Crippen LogP contribution in [-0.2, 0) is 6.54 Å². The van der Waals surface area contributed by atoms with Crippen LogP contribution in [0.2, 0.25) is 0 Å². The molecule has 1 aliphatic heterocycles. The van der Waals surface area contributed by atoms with Gasteiger partial charge in [-0.1, -0.05) is 12.1 Å². The molecular formula is C13H18FN3O2. The minimum Gasteiger partial charge on any atom is -0.301 e. The largest absolute Gasteiger partial charge is 0.305 e. The fraction of sp³-hybridized carbons (Fsp3) is 0.538. The Labute approximate surface area is 111 Å². The van der Waals surface area contributed by atoms with Crippen molar-refractivity contribution < 1.29 is 9.31 Å². The summed E-state index contributed by atoms with van der Waals surface area (Å²) in [6.45, 7) is 5.17. The van der Waals surface area contributed by atoms with E-state index in [-0.39, 0.29) is 0 Å². The van der Waals surface area contributed by atoms with E-state index in [9.17, 15) is 14.5 Å². The SMILES string of the molecule is CC1CN(Cc2cccc([N+](=O)[O-])c2F)CCN1C. The van der Waals surface area contributed by atoms with Gasteiger partial charge >= 0.3 is 5.69 Å². The highest BCUT2D eigenvalue weighted by Gasteiger charge is 2.23. The summed E-state index contributed by atoms with van der Waals surface area (Å²) in [6.07, 6.45) is 0. The zero-order chi connectivity index (χ0) is 14.0. The van der Waals surface area contributed by atoms with Crippen molar-refractivity contribution in [1.29, 1.82) is 0 Å². The number of nitro benzene ring substituents is 1. The maximum absolute atomic E-state index is 14.0. The molecule has 0 aliphatic carbocycles. The Balaban J connectivity index is 2.11. The van der Waals surface area contributed by atoms with Crippen LogP contribution >= 0.6 is 0 Å². The van der Waals surface area contributed by atoms with Crippen molar-refractivity contribution in [2.45, 2.75) is 19.5 Å². The summed E-state index contributed by atoms with van der Waals surface area (Å²) >= 11 is 0. The minimum absolute atomic E-state index is 0.394. The van der Waals surface area contributed by atoms with E-state index in [1.807, 2.05) is 0 Å².